The molecule has 1 amide bonds. The standard InChI is InChI=1S/C21H32N4O/c1-6-22-16(3)13-23-21(26)12-11-20-17(4)24-25(18(20)5)14-19-9-7-15(2)8-10-19/h7-10,16,22H,6,11-14H2,1-5H3,(H,23,26)/t16-/m1/s1. The summed E-state index contributed by atoms with van der Waals surface area (Å²) in [6.07, 6.45) is 1.23. The van der Waals surface area contributed by atoms with E-state index in [0.717, 1.165) is 30.9 Å². The van der Waals surface area contributed by atoms with Gasteiger partial charge in [-0.3, -0.25) is 9.48 Å². The highest BCUT2D eigenvalue weighted by Gasteiger charge is 2.13. The van der Waals surface area contributed by atoms with Crippen molar-refractivity contribution in [1.82, 2.24) is 20.4 Å². The van der Waals surface area contributed by atoms with Gasteiger partial charge in [0.1, 0.15) is 0 Å². The Morgan fingerprint density at radius 2 is 1.88 bits per heavy atom. The van der Waals surface area contributed by atoms with Gasteiger partial charge in [0.15, 0.2) is 0 Å². The first-order valence-electron chi connectivity index (χ1n) is 9.49. The van der Waals surface area contributed by atoms with Crippen LogP contribution in [0.15, 0.2) is 24.3 Å². The number of likely N-dealkylation sites (N-methyl/N-ethyl adjacent to an activating group) is 1. The molecule has 0 radical (unpaired) electrons. The number of aromatic nitrogens is 2. The van der Waals surface area contributed by atoms with Crippen LogP contribution in [0, 0.1) is 20.8 Å². The van der Waals surface area contributed by atoms with Gasteiger partial charge in [-0.25, -0.2) is 0 Å². The Morgan fingerprint density at radius 3 is 2.54 bits per heavy atom. The third-order valence-corrected chi connectivity index (χ3v) is 4.74. The molecule has 5 nitrogen and oxygen atoms in total. The largest absolute Gasteiger partial charge is 0.355 e. The van der Waals surface area contributed by atoms with Crippen LogP contribution in [0.5, 0.6) is 0 Å². The van der Waals surface area contributed by atoms with E-state index < -0.39 is 0 Å². The molecular weight excluding hydrogens is 324 g/mol. The first kappa shape index (κ1) is 20.2. The molecule has 5 heteroatoms. The SMILES string of the molecule is CCN[C@H](C)CNC(=O)CCc1c(C)nn(Cc2ccc(C)cc2)c1C. The number of rotatable bonds is 9. The molecule has 0 aliphatic heterocycles. The second kappa shape index (κ2) is 9.53. The second-order valence-electron chi connectivity index (χ2n) is 7.06. The number of aryl methyl sites for hydroxylation is 2. The Morgan fingerprint density at radius 1 is 1.19 bits per heavy atom. The summed E-state index contributed by atoms with van der Waals surface area (Å²) >= 11 is 0. The summed E-state index contributed by atoms with van der Waals surface area (Å²) in [7, 11) is 0. The summed E-state index contributed by atoms with van der Waals surface area (Å²) in [5.74, 6) is 0.0971. The van der Waals surface area contributed by atoms with E-state index in [1.54, 1.807) is 0 Å². The van der Waals surface area contributed by atoms with Gasteiger partial charge in [0.05, 0.1) is 12.2 Å². The average molecular weight is 357 g/mol. The molecule has 1 aromatic carbocycles. The van der Waals surface area contributed by atoms with Crippen molar-refractivity contribution in [2.24, 2.45) is 0 Å². The summed E-state index contributed by atoms with van der Waals surface area (Å²) in [5.41, 5.74) is 5.85. The lowest BCUT2D eigenvalue weighted by atomic mass is 10.1. The molecule has 0 saturated carbocycles. The van der Waals surface area contributed by atoms with E-state index in [1.807, 2.05) is 11.6 Å². The zero-order chi connectivity index (χ0) is 19.1. The van der Waals surface area contributed by atoms with Crippen LogP contribution in [-0.2, 0) is 17.8 Å². The average Bonchev–Trinajstić information content (AvgIpc) is 2.87. The predicted octanol–water partition coefficient (Wildman–Crippen LogP) is 2.90. The van der Waals surface area contributed by atoms with Gasteiger partial charge in [-0.2, -0.15) is 5.10 Å². The summed E-state index contributed by atoms with van der Waals surface area (Å²) in [5, 5.41) is 11.0. The van der Waals surface area contributed by atoms with Gasteiger partial charge < -0.3 is 10.6 Å². The predicted molar refractivity (Wildman–Crippen MR) is 106 cm³/mol. The first-order valence-corrected chi connectivity index (χ1v) is 9.49. The van der Waals surface area contributed by atoms with Gasteiger partial charge in [-0.15, -0.1) is 0 Å². The molecule has 0 spiro atoms. The number of benzene rings is 1. The molecule has 0 aliphatic carbocycles. The molecule has 2 N–H and O–H groups in total. The summed E-state index contributed by atoms with van der Waals surface area (Å²) < 4.78 is 2.04. The molecule has 0 aliphatic rings. The highest BCUT2D eigenvalue weighted by atomic mass is 16.1. The number of carbonyl (C=O) groups excluding carboxylic acids is 1. The smallest absolute Gasteiger partial charge is 0.220 e. The van der Waals surface area contributed by atoms with Gasteiger partial charge >= 0.3 is 0 Å². The molecule has 142 valence electrons. The molecule has 0 bridgehead atoms. The Labute approximate surface area is 157 Å². The number of hydrogen-bond donors (Lipinski definition) is 2. The number of nitrogens with one attached hydrogen (secondary N) is 2. The second-order valence-corrected chi connectivity index (χ2v) is 7.06. The summed E-state index contributed by atoms with van der Waals surface area (Å²) in [4.78, 5) is 12.1. The van der Waals surface area contributed by atoms with Crippen LogP contribution in [0.3, 0.4) is 0 Å². The lowest BCUT2D eigenvalue weighted by Crippen LogP contribution is -2.38. The van der Waals surface area contributed by atoms with Crippen molar-refractivity contribution in [1.29, 1.82) is 0 Å². The van der Waals surface area contributed by atoms with Gasteiger partial charge in [0.25, 0.3) is 0 Å². The molecule has 1 aromatic heterocycles. The molecule has 1 atom stereocenters. The molecule has 1 heterocycles. The Balaban J connectivity index is 1.92. The fourth-order valence-corrected chi connectivity index (χ4v) is 3.13. The minimum atomic E-state index is 0.0971. The van der Waals surface area contributed by atoms with Crippen LogP contribution in [0.4, 0.5) is 0 Å². The Bertz CT molecular complexity index is 718. The normalized spacial score (nSPS) is 12.2. The third-order valence-electron chi connectivity index (χ3n) is 4.74. The number of nitrogens with zero attached hydrogens (tertiary/aromatic N) is 2. The lowest BCUT2D eigenvalue weighted by Gasteiger charge is -2.13. The molecular formula is C21H32N4O. The van der Waals surface area contributed by atoms with E-state index in [2.05, 4.69) is 67.7 Å². The van der Waals surface area contributed by atoms with E-state index in [0.29, 0.717) is 19.0 Å². The molecule has 0 saturated heterocycles. The van der Waals surface area contributed by atoms with Crippen molar-refractivity contribution < 1.29 is 4.79 Å². The summed E-state index contributed by atoms with van der Waals surface area (Å²) in [6.45, 7) is 12.7. The van der Waals surface area contributed by atoms with Crippen LogP contribution in [0.2, 0.25) is 0 Å². The fraction of sp³-hybridized carbons (Fsp3) is 0.524. The van der Waals surface area contributed by atoms with Crippen molar-refractivity contribution in [3.05, 3.63) is 52.3 Å². The Kier molecular flexibility index (Phi) is 7.39. The van der Waals surface area contributed by atoms with Gasteiger partial charge in [-0.05, 0) is 51.8 Å². The van der Waals surface area contributed by atoms with Crippen LogP contribution >= 0.6 is 0 Å². The molecule has 2 aromatic rings. The summed E-state index contributed by atoms with van der Waals surface area (Å²) in [6, 6.07) is 8.83. The molecule has 2 rings (SSSR count). The van der Waals surface area contributed by atoms with Crippen molar-refractivity contribution in [2.45, 2.75) is 60.0 Å². The fourth-order valence-electron chi connectivity index (χ4n) is 3.13. The number of hydrogen-bond acceptors (Lipinski definition) is 3. The highest BCUT2D eigenvalue weighted by molar-refractivity contribution is 5.76. The maximum absolute atomic E-state index is 12.1. The zero-order valence-corrected chi connectivity index (χ0v) is 16.7. The van der Waals surface area contributed by atoms with Crippen molar-refractivity contribution in [3.8, 4) is 0 Å². The van der Waals surface area contributed by atoms with Gasteiger partial charge in [0, 0.05) is 24.7 Å². The van der Waals surface area contributed by atoms with E-state index in [9.17, 15) is 4.79 Å². The minimum absolute atomic E-state index is 0.0971. The minimum Gasteiger partial charge on any atom is -0.355 e. The van der Waals surface area contributed by atoms with Crippen molar-refractivity contribution in [2.75, 3.05) is 13.1 Å². The number of carbonyl (C=O) groups is 1. The third kappa shape index (κ3) is 5.70. The van der Waals surface area contributed by atoms with Crippen molar-refractivity contribution >= 4 is 5.91 Å². The topological polar surface area (TPSA) is 58.9 Å². The van der Waals surface area contributed by atoms with E-state index in [-0.39, 0.29) is 5.91 Å². The van der Waals surface area contributed by atoms with E-state index in [4.69, 9.17) is 0 Å². The molecule has 0 fully saturated rings. The first-order chi connectivity index (χ1) is 12.4. The van der Waals surface area contributed by atoms with Gasteiger partial charge in [0.2, 0.25) is 5.91 Å². The van der Waals surface area contributed by atoms with Crippen LogP contribution in [0.1, 0.15) is 48.3 Å². The molecule has 0 unspecified atom stereocenters. The molecule has 26 heavy (non-hydrogen) atoms. The van der Waals surface area contributed by atoms with E-state index in [1.165, 1.54) is 16.7 Å². The van der Waals surface area contributed by atoms with Crippen LogP contribution < -0.4 is 10.6 Å². The zero-order valence-electron chi connectivity index (χ0n) is 16.7. The highest BCUT2D eigenvalue weighted by Crippen LogP contribution is 2.17. The maximum Gasteiger partial charge on any atom is 0.220 e. The van der Waals surface area contributed by atoms with Crippen LogP contribution in [-0.4, -0.2) is 34.8 Å². The van der Waals surface area contributed by atoms with Crippen molar-refractivity contribution in [3.63, 3.8) is 0 Å². The number of amides is 1. The maximum atomic E-state index is 12.1. The van der Waals surface area contributed by atoms with E-state index >= 15 is 0 Å². The van der Waals surface area contributed by atoms with Crippen LogP contribution in [0.25, 0.3) is 0 Å². The quantitative estimate of drug-likeness (QED) is 0.726. The van der Waals surface area contributed by atoms with Gasteiger partial charge in [-0.1, -0.05) is 36.8 Å². The Hall–Kier alpha value is -2.14. The monoisotopic (exact) mass is 356 g/mol. The lowest BCUT2D eigenvalue weighted by molar-refractivity contribution is -0.121.